The van der Waals surface area contributed by atoms with Crippen molar-refractivity contribution in [2.75, 3.05) is 0 Å². The van der Waals surface area contributed by atoms with Crippen LogP contribution < -0.4 is 0 Å². The molecule has 11 aromatic rings. The molecule has 0 fully saturated rings. The van der Waals surface area contributed by atoms with Crippen LogP contribution in [0.3, 0.4) is 0 Å². The van der Waals surface area contributed by atoms with Crippen molar-refractivity contribution in [1.82, 2.24) is 19.1 Å². The lowest BCUT2D eigenvalue weighted by Gasteiger charge is -2.14. The molecule has 0 amide bonds. The summed E-state index contributed by atoms with van der Waals surface area (Å²) in [7, 11) is 0. The predicted octanol–water partition coefficient (Wildman–Crippen LogP) is 11.9. The molecule has 11 rings (SSSR count). The molecule has 0 aliphatic carbocycles. The molecular weight excluding hydrogens is 625 g/mol. The third-order valence-corrected chi connectivity index (χ3v) is 10.1. The summed E-state index contributed by atoms with van der Waals surface area (Å²) in [6.45, 7) is 0. The van der Waals surface area contributed by atoms with Gasteiger partial charge < -0.3 is 8.98 Å². The van der Waals surface area contributed by atoms with E-state index in [1.54, 1.807) is 0 Å². The zero-order valence-electron chi connectivity index (χ0n) is 27.4. The molecule has 238 valence electrons. The van der Waals surface area contributed by atoms with Gasteiger partial charge in [-0.3, -0.25) is 4.57 Å². The fraction of sp³-hybridized carbons (Fsp3) is 0. The number of nitrogens with zero attached hydrogens (tertiary/aromatic N) is 4. The predicted molar refractivity (Wildman–Crippen MR) is 209 cm³/mol. The molecule has 5 heteroatoms. The van der Waals surface area contributed by atoms with Gasteiger partial charge >= 0.3 is 0 Å². The summed E-state index contributed by atoms with van der Waals surface area (Å²) in [5, 5.41) is 6.65. The smallest absolute Gasteiger partial charge is 0.235 e. The molecule has 0 aliphatic rings. The molecule has 7 aromatic carbocycles. The van der Waals surface area contributed by atoms with Crippen molar-refractivity contribution in [1.29, 1.82) is 0 Å². The van der Waals surface area contributed by atoms with E-state index in [0.29, 0.717) is 5.95 Å². The van der Waals surface area contributed by atoms with Crippen molar-refractivity contribution in [3.05, 3.63) is 170 Å². The van der Waals surface area contributed by atoms with Gasteiger partial charge in [0.2, 0.25) is 5.95 Å². The first-order valence-electron chi connectivity index (χ1n) is 17.2. The molecule has 0 aliphatic heterocycles. The molecule has 51 heavy (non-hydrogen) atoms. The Morgan fingerprint density at radius 3 is 1.55 bits per heavy atom. The SMILES string of the molecule is c1ccc(-c2cc(-c3ccccc3)nc(-n3c4ccccc4c4c5oc6ccccc6c5c5c6ccccc6n(-c6ccccc6)c5c43)n2)cc1. The van der Waals surface area contributed by atoms with E-state index in [1.807, 2.05) is 18.2 Å². The normalized spacial score (nSPS) is 11.9. The Bertz CT molecular complexity index is 3060. The Morgan fingerprint density at radius 2 is 0.902 bits per heavy atom. The second-order valence-corrected chi connectivity index (χ2v) is 13.0. The van der Waals surface area contributed by atoms with Crippen molar-refractivity contribution < 1.29 is 4.42 Å². The van der Waals surface area contributed by atoms with Gasteiger partial charge in [-0.25, -0.2) is 9.97 Å². The highest BCUT2D eigenvalue weighted by Gasteiger charge is 2.28. The molecule has 0 saturated heterocycles. The van der Waals surface area contributed by atoms with Crippen LogP contribution in [-0.2, 0) is 0 Å². The fourth-order valence-electron chi connectivity index (χ4n) is 7.98. The van der Waals surface area contributed by atoms with Crippen LogP contribution in [0.1, 0.15) is 0 Å². The topological polar surface area (TPSA) is 48.8 Å². The molecule has 5 nitrogen and oxygen atoms in total. The van der Waals surface area contributed by atoms with Crippen LogP contribution in [-0.4, -0.2) is 19.1 Å². The van der Waals surface area contributed by atoms with Gasteiger partial charge in [-0.15, -0.1) is 0 Å². The first-order valence-corrected chi connectivity index (χ1v) is 17.2. The molecule has 4 heterocycles. The lowest BCUT2D eigenvalue weighted by molar-refractivity contribution is 0.673. The maximum absolute atomic E-state index is 6.92. The summed E-state index contributed by atoms with van der Waals surface area (Å²) in [6, 6.07) is 59.1. The summed E-state index contributed by atoms with van der Waals surface area (Å²) in [6.07, 6.45) is 0. The monoisotopic (exact) mass is 652 g/mol. The fourth-order valence-corrected chi connectivity index (χ4v) is 7.98. The number of benzene rings is 7. The van der Waals surface area contributed by atoms with Gasteiger partial charge in [-0.2, -0.15) is 0 Å². The number of hydrogen-bond donors (Lipinski definition) is 0. The highest BCUT2D eigenvalue weighted by atomic mass is 16.3. The minimum absolute atomic E-state index is 0.600. The van der Waals surface area contributed by atoms with Gasteiger partial charge in [0.05, 0.1) is 38.8 Å². The lowest BCUT2D eigenvalue weighted by Crippen LogP contribution is -2.05. The van der Waals surface area contributed by atoms with Crippen molar-refractivity contribution in [3.63, 3.8) is 0 Å². The van der Waals surface area contributed by atoms with E-state index in [0.717, 1.165) is 93.8 Å². The number of aromatic nitrogens is 4. The van der Waals surface area contributed by atoms with E-state index in [1.165, 1.54) is 0 Å². The van der Waals surface area contributed by atoms with E-state index >= 15 is 0 Å². The molecule has 0 radical (unpaired) electrons. The summed E-state index contributed by atoms with van der Waals surface area (Å²) >= 11 is 0. The van der Waals surface area contributed by atoms with E-state index in [9.17, 15) is 0 Å². The van der Waals surface area contributed by atoms with E-state index in [-0.39, 0.29) is 0 Å². The molecular formula is C46H28N4O. The van der Waals surface area contributed by atoms with Gasteiger partial charge in [0, 0.05) is 43.7 Å². The first kappa shape index (κ1) is 27.9. The highest BCUT2D eigenvalue weighted by molar-refractivity contribution is 6.39. The molecule has 0 atom stereocenters. The zero-order valence-corrected chi connectivity index (χ0v) is 27.4. The van der Waals surface area contributed by atoms with Crippen molar-refractivity contribution in [3.8, 4) is 34.2 Å². The van der Waals surface area contributed by atoms with Crippen LogP contribution in [0.5, 0.6) is 0 Å². The maximum Gasteiger partial charge on any atom is 0.235 e. The first-order chi connectivity index (χ1) is 25.3. The van der Waals surface area contributed by atoms with Crippen LogP contribution >= 0.6 is 0 Å². The Morgan fingerprint density at radius 1 is 0.412 bits per heavy atom. The van der Waals surface area contributed by atoms with Gasteiger partial charge in [-0.1, -0.05) is 133 Å². The van der Waals surface area contributed by atoms with Gasteiger partial charge in [0.15, 0.2) is 0 Å². The second-order valence-electron chi connectivity index (χ2n) is 13.0. The Hall–Kier alpha value is -6.98. The number of para-hydroxylation sites is 4. The van der Waals surface area contributed by atoms with E-state index < -0.39 is 0 Å². The largest absolute Gasteiger partial charge is 0.455 e. The zero-order chi connectivity index (χ0) is 33.5. The van der Waals surface area contributed by atoms with Crippen molar-refractivity contribution in [2.45, 2.75) is 0 Å². The summed E-state index contributed by atoms with van der Waals surface area (Å²) in [5.74, 6) is 0.600. The van der Waals surface area contributed by atoms with E-state index in [2.05, 4.69) is 161 Å². The number of furan rings is 1. The number of hydrogen-bond acceptors (Lipinski definition) is 3. The summed E-state index contributed by atoms with van der Waals surface area (Å²) in [4.78, 5) is 10.7. The minimum Gasteiger partial charge on any atom is -0.455 e. The quantitative estimate of drug-likeness (QED) is 0.190. The van der Waals surface area contributed by atoms with Crippen LogP contribution in [0, 0.1) is 0 Å². The maximum atomic E-state index is 6.92. The Kier molecular flexibility index (Phi) is 5.89. The molecule has 0 N–H and O–H groups in total. The van der Waals surface area contributed by atoms with Crippen LogP contribution in [0.2, 0.25) is 0 Å². The minimum atomic E-state index is 0.600. The summed E-state index contributed by atoms with van der Waals surface area (Å²) in [5.41, 5.74) is 10.8. The average molecular weight is 653 g/mol. The average Bonchev–Trinajstić information content (AvgIpc) is 3.87. The van der Waals surface area contributed by atoms with Gasteiger partial charge in [0.1, 0.15) is 11.2 Å². The van der Waals surface area contributed by atoms with Crippen molar-refractivity contribution >= 4 is 65.6 Å². The molecule has 0 saturated carbocycles. The van der Waals surface area contributed by atoms with Crippen molar-refractivity contribution in [2.24, 2.45) is 0 Å². The molecule has 4 aromatic heterocycles. The highest BCUT2D eigenvalue weighted by Crippen LogP contribution is 2.49. The van der Waals surface area contributed by atoms with Crippen LogP contribution in [0.25, 0.3) is 99.7 Å². The molecule has 0 bridgehead atoms. The summed E-state index contributed by atoms with van der Waals surface area (Å²) < 4.78 is 11.6. The number of fused-ring (bicyclic) bond motifs is 12. The Balaban J connectivity index is 1.42. The molecule has 0 spiro atoms. The Labute approximate surface area is 292 Å². The van der Waals surface area contributed by atoms with Crippen LogP contribution in [0.4, 0.5) is 0 Å². The third-order valence-electron chi connectivity index (χ3n) is 10.1. The lowest BCUT2D eigenvalue weighted by atomic mass is 10.0. The van der Waals surface area contributed by atoms with Gasteiger partial charge in [0.25, 0.3) is 0 Å². The van der Waals surface area contributed by atoms with Crippen LogP contribution in [0.15, 0.2) is 174 Å². The number of rotatable bonds is 4. The molecule has 0 unspecified atom stereocenters. The van der Waals surface area contributed by atoms with Gasteiger partial charge in [-0.05, 0) is 36.4 Å². The van der Waals surface area contributed by atoms with E-state index in [4.69, 9.17) is 14.4 Å². The third kappa shape index (κ3) is 4.03. The second kappa shape index (κ2) is 10.8. The standard InChI is InChI=1S/C46H28N4O/c1-4-16-29(17-5-1)35-28-36(30-18-6-2-7-19-30)48-46(47-35)50-38-26-14-11-23-33(38)42-44(50)43-40(41-34-24-12-15-27-39(34)51-45(41)42)32-22-10-13-25-37(32)49(43)31-20-8-3-9-21-31/h1-28H.